The summed E-state index contributed by atoms with van der Waals surface area (Å²) >= 11 is 13.4. The third kappa shape index (κ3) is 4.63. The molecule has 30 heavy (non-hydrogen) atoms. The van der Waals surface area contributed by atoms with Crippen LogP contribution >= 0.6 is 34.5 Å². The standard InChI is InChI=1S/C17H13Cl2F3N4O3S/c1-7-24-11(6-23-27-3)16(30-7)28-12-4-8(10(20)5-9(12)18)14-13(19)15(26(2)25-14)29-17(21)22/h4-6,17H,1-3H3/b23-6+. The number of thiazole rings is 1. The van der Waals surface area contributed by atoms with E-state index in [4.69, 9.17) is 27.9 Å². The topological polar surface area (TPSA) is 70.8 Å². The summed E-state index contributed by atoms with van der Waals surface area (Å²) in [7, 11) is 2.71. The van der Waals surface area contributed by atoms with E-state index in [2.05, 4.69) is 24.8 Å². The van der Waals surface area contributed by atoms with Crippen molar-refractivity contribution in [3.8, 4) is 28.0 Å². The summed E-state index contributed by atoms with van der Waals surface area (Å²) in [4.78, 5) is 8.89. The smallest absolute Gasteiger partial charge is 0.388 e. The SMILES string of the molecule is CO/N=C/c1nc(C)sc1Oc1cc(-c2nn(C)c(OC(F)F)c2Cl)c(F)cc1Cl. The van der Waals surface area contributed by atoms with Crippen LogP contribution < -0.4 is 9.47 Å². The molecule has 0 saturated carbocycles. The Bertz CT molecular complexity index is 1100. The minimum Gasteiger partial charge on any atom is -0.443 e. The second-order valence-corrected chi connectivity index (χ2v) is 7.61. The highest BCUT2D eigenvalue weighted by Gasteiger charge is 2.24. The first-order valence-corrected chi connectivity index (χ1v) is 9.67. The molecular formula is C17H13Cl2F3N4O3S. The van der Waals surface area contributed by atoms with E-state index in [1.165, 1.54) is 37.8 Å². The number of halogens is 5. The van der Waals surface area contributed by atoms with Gasteiger partial charge in [0, 0.05) is 12.6 Å². The van der Waals surface area contributed by atoms with Crippen molar-refractivity contribution in [1.82, 2.24) is 14.8 Å². The molecule has 0 radical (unpaired) electrons. The molecule has 1 aromatic carbocycles. The van der Waals surface area contributed by atoms with E-state index in [1.807, 2.05) is 0 Å². The van der Waals surface area contributed by atoms with Gasteiger partial charge in [-0.1, -0.05) is 39.7 Å². The molecule has 2 heterocycles. The molecule has 0 fully saturated rings. The summed E-state index contributed by atoms with van der Waals surface area (Å²) in [6.45, 7) is -1.36. The predicted molar refractivity (Wildman–Crippen MR) is 107 cm³/mol. The number of hydrogen-bond acceptors (Lipinski definition) is 7. The molecule has 0 atom stereocenters. The molecule has 2 aromatic heterocycles. The van der Waals surface area contributed by atoms with E-state index in [-0.39, 0.29) is 27.1 Å². The summed E-state index contributed by atoms with van der Waals surface area (Å²) < 4.78 is 50.9. The molecule has 0 unspecified atom stereocenters. The lowest BCUT2D eigenvalue weighted by molar-refractivity contribution is -0.0552. The van der Waals surface area contributed by atoms with Crippen LogP contribution in [0.2, 0.25) is 10.0 Å². The van der Waals surface area contributed by atoms with Crippen LogP contribution in [0, 0.1) is 12.7 Å². The Balaban J connectivity index is 2.04. The lowest BCUT2D eigenvalue weighted by Crippen LogP contribution is -2.06. The molecule has 0 amide bonds. The second-order valence-electron chi connectivity index (χ2n) is 5.66. The van der Waals surface area contributed by atoms with Gasteiger partial charge in [0.2, 0.25) is 10.9 Å². The van der Waals surface area contributed by atoms with Gasteiger partial charge in [0.1, 0.15) is 35.1 Å². The minimum absolute atomic E-state index is 0.0342. The summed E-state index contributed by atoms with van der Waals surface area (Å²) in [5.41, 5.74) is 0.146. The molecule has 160 valence electrons. The van der Waals surface area contributed by atoms with Crippen molar-refractivity contribution in [1.29, 1.82) is 0 Å². The van der Waals surface area contributed by atoms with Crippen molar-refractivity contribution in [3.63, 3.8) is 0 Å². The molecule has 3 aromatic rings. The molecule has 7 nitrogen and oxygen atoms in total. The number of hydrogen-bond donors (Lipinski definition) is 0. The van der Waals surface area contributed by atoms with Crippen LogP contribution in [0.15, 0.2) is 17.3 Å². The fourth-order valence-electron chi connectivity index (χ4n) is 2.44. The fourth-order valence-corrected chi connectivity index (χ4v) is 3.68. The van der Waals surface area contributed by atoms with Gasteiger partial charge in [-0.3, -0.25) is 0 Å². The zero-order chi connectivity index (χ0) is 22.0. The van der Waals surface area contributed by atoms with Crippen LogP contribution in [-0.2, 0) is 11.9 Å². The molecule has 0 N–H and O–H groups in total. The lowest BCUT2D eigenvalue weighted by atomic mass is 10.1. The first kappa shape index (κ1) is 22.2. The van der Waals surface area contributed by atoms with E-state index in [1.54, 1.807) is 6.92 Å². The Hall–Kier alpha value is -2.50. The Labute approximate surface area is 182 Å². The average Bonchev–Trinajstić information content (AvgIpc) is 3.15. The number of oxime groups is 1. The van der Waals surface area contributed by atoms with Gasteiger partial charge >= 0.3 is 6.61 Å². The molecular weight excluding hydrogens is 468 g/mol. The van der Waals surface area contributed by atoms with E-state index in [9.17, 15) is 13.2 Å². The van der Waals surface area contributed by atoms with E-state index >= 15 is 0 Å². The lowest BCUT2D eigenvalue weighted by Gasteiger charge is -2.09. The van der Waals surface area contributed by atoms with Crippen LogP contribution in [0.25, 0.3) is 11.3 Å². The number of ether oxygens (including phenoxy) is 2. The third-order valence-corrected chi connectivity index (χ3v) is 5.13. The van der Waals surface area contributed by atoms with Gasteiger partial charge in [0.05, 0.1) is 16.2 Å². The molecule has 3 rings (SSSR count). The van der Waals surface area contributed by atoms with Crippen molar-refractivity contribution in [2.75, 3.05) is 7.11 Å². The zero-order valence-corrected chi connectivity index (χ0v) is 17.9. The molecule has 13 heteroatoms. The van der Waals surface area contributed by atoms with Crippen molar-refractivity contribution in [3.05, 3.63) is 38.7 Å². The first-order chi connectivity index (χ1) is 14.2. The molecule has 0 spiro atoms. The summed E-state index contributed by atoms with van der Waals surface area (Å²) in [5.74, 6) is -1.12. The highest BCUT2D eigenvalue weighted by Crippen LogP contribution is 2.42. The first-order valence-electron chi connectivity index (χ1n) is 8.09. The summed E-state index contributed by atoms with van der Waals surface area (Å²) in [5, 5.41) is 8.32. The molecule has 0 saturated heterocycles. The molecule has 0 aliphatic heterocycles. The Morgan fingerprint density at radius 3 is 2.70 bits per heavy atom. The van der Waals surface area contributed by atoms with Gasteiger partial charge in [-0.25, -0.2) is 14.1 Å². The number of aromatic nitrogens is 3. The van der Waals surface area contributed by atoms with Crippen LogP contribution in [0.4, 0.5) is 13.2 Å². The van der Waals surface area contributed by atoms with Gasteiger partial charge in [0.25, 0.3) is 0 Å². The average molecular weight is 481 g/mol. The summed E-state index contributed by atoms with van der Waals surface area (Å²) in [6.07, 6.45) is 1.35. The van der Waals surface area contributed by atoms with Crippen molar-refractivity contribution >= 4 is 40.8 Å². The molecule has 0 bridgehead atoms. The van der Waals surface area contributed by atoms with Gasteiger partial charge in [0.15, 0.2) is 0 Å². The highest BCUT2D eigenvalue weighted by molar-refractivity contribution is 7.13. The van der Waals surface area contributed by atoms with Crippen LogP contribution in [0.5, 0.6) is 16.7 Å². The Kier molecular flexibility index (Phi) is 6.74. The van der Waals surface area contributed by atoms with Gasteiger partial charge in [-0.2, -0.15) is 13.9 Å². The van der Waals surface area contributed by atoms with Crippen LogP contribution in [0.3, 0.4) is 0 Å². The van der Waals surface area contributed by atoms with Crippen molar-refractivity contribution in [2.24, 2.45) is 12.2 Å². The number of aryl methyl sites for hydroxylation is 2. The monoisotopic (exact) mass is 480 g/mol. The summed E-state index contributed by atoms with van der Waals surface area (Å²) in [6, 6.07) is 2.26. The third-order valence-electron chi connectivity index (χ3n) is 3.63. The largest absolute Gasteiger partial charge is 0.443 e. The van der Waals surface area contributed by atoms with Crippen molar-refractivity contribution < 1.29 is 27.5 Å². The maximum atomic E-state index is 14.6. The van der Waals surface area contributed by atoms with E-state index in [0.717, 1.165) is 10.7 Å². The number of benzene rings is 1. The van der Waals surface area contributed by atoms with Crippen LogP contribution in [-0.4, -0.2) is 34.7 Å². The molecule has 0 aliphatic carbocycles. The minimum atomic E-state index is -3.12. The van der Waals surface area contributed by atoms with Crippen LogP contribution in [0.1, 0.15) is 10.7 Å². The number of nitrogens with zero attached hydrogens (tertiary/aromatic N) is 4. The second kappa shape index (κ2) is 9.11. The molecule has 0 aliphatic rings. The quantitative estimate of drug-likeness (QED) is 0.321. The van der Waals surface area contributed by atoms with Crippen molar-refractivity contribution in [2.45, 2.75) is 13.5 Å². The highest BCUT2D eigenvalue weighted by atomic mass is 35.5. The zero-order valence-electron chi connectivity index (χ0n) is 15.6. The predicted octanol–water partition coefficient (Wildman–Crippen LogP) is 5.67. The van der Waals surface area contributed by atoms with Gasteiger partial charge in [-0.05, 0) is 19.1 Å². The fraction of sp³-hybridized carbons (Fsp3) is 0.235. The maximum Gasteiger partial charge on any atom is 0.388 e. The Morgan fingerprint density at radius 1 is 1.30 bits per heavy atom. The van der Waals surface area contributed by atoms with E-state index < -0.39 is 18.3 Å². The maximum absolute atomic E-state index is 14.6. The normalized spacial score (nSPS) is 11.5. The van der Waals surface area contributed by atoms with E-state index in [0.29, 0.717) is 15.8 Å². The van der Waals surface area contributed by atoms with Gasteiger partial charge in [-0.15, -0.1) is 0 Å². The number of rotatable bonds is 7. The number of alkyl halides is 2. The Morgan fingerprint density at radius 2 is 2.03 bits per heavy atom. The van der Waals surface area contributed by atoms with Gasteiger partial charge < -0.3 is 14.3 Å².